The molecule has 0 aromatic heterocycles. The molecule has 2 aromatic carbocycles. The first-order valence-electron chi connectivity index (χ1n) is 12.3. The molecule has 1 aliphatic heterocycles. The zero-order valence-electron chi connectivity index (χ0n) is 20.5. The molecule has 0 saturated carbocycles. The van der Waals surface area contributed by atoms with Gasteiger partial charge in [-0.2, -0.15) is 5.26 Å². The minimum absolute atomic E-state index is 0.0311. The third-order valence-electron chi connectivity index (χ3n) is 7.61. The van der Waals surface area contributed by atoms with Crippen LogP contribution < -0.4 is 5.73 Å². The number of halogens is 2. The largest absolute Gasteiger partial charge is 0.364 e. The van der Waals surface area contributed by atoms with Gasteiger partial charge in [0.2, 0.25) is 0 Å². The van der Waals surface area contributed by atoms with Gasteiger partial charge in [0.15, 0.2) is 6.04 Å². The lowest BCUT2D eigenvalue weighted by Crippen LogP contribution is -2.59. The number of unbranched alkanes of at least 4 members (excludes halogenated alkanes) is 1. The van der Waals surface area contributed by atoms with Crippen LogP contribution in [0.3, 0.4) is 0 Å². The summed E-state index contributed by atoms with van der Waals surface area (Å²) in [7, 11) is 0. The van der Waals surface area contributed by atoms with E-state index in [0.29, 0.717) is 38.6 Å². The third-order valence-corrected chi connectivity index (χ3v) is 7.61. The molecule has 5 nitrogen and oxygen atoms in total. The third kappa shape index (κ3) is 5.43. The number of carbonyl (C=O) groups is 2. The molecule has 1 aliphatic rings. The van der Waals surface area contributed by atoms with Crippen LogP contribution in [0.15, 0.2) is 48.5 Å². The molecule has 0 bridgehead atoms. The van der Waals surface area contributed by atoms with E-state index in [2.05, 4.69) is 6.07 Å². The van der Waals surface area contributed by atoms with Crippen LogP contribution in [0.4, 0.5) is 8.78 Å². The van der Waals surface area contributed by atoms with Gasteiger partial charge in [0.25, 0.3) is 5.91 Å². The smallest absolute Gasteiger partial charge is 0.314 e. The normalized spacial score (nSPS) is 21.4. The lowest BCUT2D eigenvalue weighted by molar-refractivity contribution is -0.871. The number of amides is 2. The van der Waals surface area contributed by atoms with Gasteiger partial charge in [0.1, 0.15) is 18.2 Å². The van der Waals surface area contributed by atoms with Gasteiger partial charge in [-0.05, 0) is 36.5 Å². The number of nitriles is 1. The van der Waals surface area contributed by atoms with Gasteiger partial charge in [0, 0.05) is 24.5 Å². The van der Waals surface area contributed by atoms with Crippen LogP contribution in [0.5, 0.6) is 0 Å². The monoisotopic (exact) mass is 482 g/mol. The Bertz CT molecular complexity index is 1100. The first kappa shape index (κ1) is 26.5. The minimum atomic E-state index is -0.732. The molecule has 1 heterocycles. The Morgan fingerprint density at radius 1 is 1.17 bits per heavy atom. The van der Waals surface area contributed by atoms with Crippen molar-refractivity contribution < 1.29 is 22.9 Å². The van der Waals surface area contributed by atoms with Crippen LogP contribution in [0.1, 0.15) is 63.5 Å². The van der Waals surface area contributed by atoms with Gasteiger partial charge in [-0.15, -0.1) is 0 Å². The number of nitrogens with two attached hydrogens (primary N) is 1. The Morgan fingerprint density at radius 2 is 1.89 bits per heavy atom. The Morgan fingerprint density at radius 3 is 2.49 bits per heavy atom. The molecule has 3 rings (SSSR count). The van der Waals surface area contributed by atoms with Gasteiger partial charge in [-0.3, -0.25) is 4.79 Å². The number of quaternary nitrogens is 1. The summed E-state index contributed by atoms with van der Waals surface area (Å²) < 4.78 is 27.7. The van der Waals surface area contributed by atoms with E-state index in [-0.39, 0.29) is 34.8 Å². The van der Waals surface area contributed by atoms with Crippen LogP contribution in [0, 0.1) is 28.9 Å². The molecule has 2 amide bonds. The Balaban J connectivity index is 1.76. The van der Waals surface area contributed by atoms with Gasteiger partial charge in [-0.1, -0.05) is 50.6 Å². The lowest BCUT2D eigenvalue weighted by Gasteiger charge is -2.36. The van der Waals surface area contributed by atoms with Gasteiger partial charge >= 0.3 is 5.91 Å². The minimum Gasteiger partial charge on any atom is -0.364 e. The van der Waals surface area contributed by atoms with Crippen molar-refractivity contribution in [2.45, 2.75) is 70.4 Å². The van der Waals surface area contributed by atoms with Gasteiger partial charge < -0.3 is 5.73 Å². The van der Waals surface area contributed by atoms with E-state index < -0.39 is 29.0 Å². The second-order valence-electron chi connectivity index (χ2n) is 9.92. The standard InChI is InChI=1S/C28H33F2N3O2/c1-20(2)28(19-31,22-9-4-3-5-10-22)15-7-6-12-26(34)33(16-8-11-25(33)27(32)35)18-21-13-14-23(29)17-24(21)30/h3-5,9-10,13-14,17,20,25H,6-8,11-12,15-16,18H2,1-2H3,(H-,32,35)/p+1/t25?,28-,33+/m0/s1. The zero-order valence-corrected chi connectivity index (χ0v) is 20.5. The summed E-state index contributed by atoms with van der Waals surface area (Å²) in [6.07, 6.45) is 3.08. The Hall–Kier alpha value is -3.11. The quantitative estimate of drug-likeness (QED) is 0.376. The SMILES string of the molecule is CC(C)[C@@](C#N)(CCCCC(=O)[N@@+]1(Cc2ccc(F)cc2F)CCCC1C(N)=O)c1ccccc1. The highest BCUT2D eigenvalue weighted by Crippen LogP contribution is 2.38. The number of primary amides is 1. The summed E-state index contributed by atoms with van der Waals surface area (Å²) in [5, 5.41) is 10.1. The highest BCUT2D eigenvalue weighted by molar-refractivity contribution is 5.82. The molecule has 3 atom stereocenters. The van der Waals surface area contributed by atoms with Crippen molar-refractivity contribution in [3.8, 4) is 6.07 Å². The van der Waals surface area contributed by atoms with Crippen molar-refractivity contribution in [1.29, 1.82) is 5.26 Å². The fraction of sp³-hybridized carbons (Fsp3) is 0.464. The van der Waals surface area contributed by atoms with E-state index in [1.54, 1.807) is 0 Å². The van der Waals surface area contributed by atoms with Crippen LogP contribution in [-0.2, 0) is 21.5 Å². The first-order chi connectivity index (χ1) is 16.7. The maximum absolute atomic E-state index is 14.5. The van der Waals surface area contributed by atoms with Crippen molar-refractivity contribution in [3.05, 3.63) is 71.3 Å². The number of hydrogen-bond donors (Lipinski definition) is 1. The van der Waals surface area contributed by atoms with Crippen LogP contribution in [0.2, 0.25) is 0 Å². The van der Waals surface area contributed by atoms with E-state index in [0.717, 1.165) is 17.7 Å². The van der Waals surface area contributed by atoms with E-state index >= 15 is 0 Å². The second-order valence-corrected chi connectivity index (χ2v) is 9.92. The van der Waals surface area contributed by atoms with E-state index in [4.69, 9.17) is 5.73 Å². The molecule has 0 aliphatic carbocycles. The van der Waals surface area contributed by atoms with Gasteiger partial charge in [-0.25, -0.2) is 18.1 Å². The number of carbonyl (C=O) groups excluding carboxylic acids is 2. The predicted octanol–water partition coefficient (Wildman–Crippen LogP) is 5.13. The number of rotatable bonds is 10. The topological polar surface area (TPSA) is 83.9 Å². The molecule has 35 heavy (non-hydrogen) atoms. The molecule has 1 unspecified atom stereocenters. The van der Waals surface area contributed by atoms with Crippen molar-refractivity contribution in [1.82, 2.24) is 0 Å². The van der Waals surface area contributed by atoms with E-state index in [1.165, 1.54) is 6.07 Å². The molecule has 2 N–H and O–H groups in total. The van der Waals surface area contributed by atoms with Crippen LogP contribution in [-0.4, -0.2) is 28.9 Å². The van der Waals surface area contributed by atoms with Crippen molar-refractivity contribution >= 4 is 11.8 Å². The lowest BCUT2D eigenvalue weighted by atomic mass is 9.69. The molecule has 2 aromatic rings. The molecular weight excluding hydrogens is 448 g/mol. The summed E-state index contributed by atoms with van der Waals surface area (Å²) in [4.78, 5) is 25.8. The number of hydrogen-bond acceptors (Lipinski definition) is 3. The second kappa shape index (κ2) is 11.1. The van der Waals surface area contributed by atoms with E-state index in [1.807, 2.05) is 44.2 Å². The summed E-state index contributed by atoms with van der Waals surface area (Å²) in [5.41, 5.74) is 6.16. The van der Waals surface area contributed by atoms with Crippen molar-refractivity contribution in [3.63, 3.8) is 0 Å². The van der Waals surface area contributed by atoms with Crippen LogP contribution in [0.25, 0.3) is 0 Å². The van der Waals surface area contributed by atoms with Crippen molar-refractivity contribution in [2.75, 3.05) is 6.54 Å². The Kier molecular flexibility index (Phi) is 8.39. The number of nitrogens with zero attached hydrogens (tertiary/aromatic N) is 2. The van der Waals surface area contributed by atoms with Crippen molar-refractivity contribution in [2.24, 2.45) is 11.7 Å². The van der Waals surface area contributed by atoms with Gasteiger partial charge in [0.05, 0.1) is 24.4 Å². The average Bonchev–Trinajstić information content (AvgIpc) is 3.26. The molecular formula is C28H34F2N3O2+. The number of benzene rings is 2. The molecule has 186 valence electrons. The molecule has 0 radical (unpaired) electrons. The Labute approximate surface area is 206 Å². The first-order valence-corrected chi connectivity index (χ1v) is 12.3. The predicted molar refractivity (Wildman–Crippen MR) is 129 cm³/mol. The maximum atomic E-state index is 14.5. The molecule has 1 fully saturated rings. The summed E-state index contributed by atoms with van der Waals surface area (Å²) in [6, 6.07) is 14.8. The summed E-state index contributed by atoms with van der Waals surface area (Å²) in [5.74, 6) is -2.08. The molecule has 7 heteroatoms. The maximum Gasteiger partial charge on any atom is 0.314 e. The highest BCUT2D eigenvalue weighted by Gasteiger charge is 2.50. The highest BCUT2D eigenvalue weighted by atomic mass is 19.1. The van der Waals surface area contributed by atoms with E-state index in [9.17, 15) is 23.6 Å². The number of likely N-dealkylation sites (tertiary alicyclic amines) is 1. The molecule has 0 spiro atoms. The zero-order chi connectivity index (χ0) is 25.6. The fourth-order valence-corrected chi connectivity index (χ4v) is 5.54. The summed E-state index contributed by atoms with van der Waals surface area (Å²) in [6.45, 7) is 4.42. The summed E-state index contributed by atoms with van der Waals surface area (Å²) >= 11 is 0. The average molecular weight is 483 g/mol. The fourth-order valence-electron chi connectivity index (χ4n) is 5.54. The molecule has 1 saturated heterocycles. The van der Waals surface area contributed by atoms with Crippen LogP contribution >= 0.6 is 0 Å².